The van der Waals surface area contributed by atoms with Crippen molar-refractivity contribution in [2.45, 2.75) is 52.2 Å². The number of benzene rings is 1. The molecule has 2 rings (SSSR count). The molecule has 0 atom stereocenters. The molecule has 0 spiro atoms. The van der Waals surface area contributed by atoms with E-state index < -0.39 is 0 Å². The number of rotatable bonds is 6. The van der Waals surface area contributed by atoms with Crippen LogP contribution in [0.4, 0.5) is 0 Å². The molecular weight excluding hydrogens is 326 g/mol. The first-order valence-corrected chi connectivity index (χ1v) is 9.65. The highest BCUT2D eigenvalue weighted by molar-refractivity contribution is 5.79. The summed E-state index contributed by atoms with van der Waals surface area (Å²) in [5.41, 5.74) is 0.930. The van der Waals surface area contributed by atoms with E-state index in [1.54, 1.807) is 0 Å². The van der Waals surface area contributed by atoms with Crippen LogP contribution in [0.1, 0.15) is 45.6 Å². The Morgan fingerprint density at radius 1 is 1.27 bits per heavy atom. The van der Waals surface area contributed by atoms with Crippen LogP contribution >= 0.6 is 0 Å². The minimum atomic E-state index is -0.210. The average molecular weight is 362 g/mol. The van der Waals surface area contributed by atoms with E-state index in [0.29, 0.717) is 6.54 Å². The van der Waals surface area contributed by atoms with Crippen LogP contribution in [0.25, 0.3) is 0 Å². The van der Waals surface area contributed by atoms with Crippen molar-refractivity contribution in [3.63, 3.8) is 0 Å². The standard InChI is InChI=1S/C21H35N3O2/c1-21(2,3)26-19-9-7-6-8-18(19)16-23-20(22-4)24(5)13-10-17-11-14-25-15-12-17/h6-9,17H,10-16H2,1-5H3,(H,22,23). The Morgan fingerprint density at radius 2 is 1.96 bits per heavy atom. The third-order valence-electron chi connectivity index (χ3n) is 4.61. The summed E-state index contributed by atoms with van der Waals surface area (Å²) in [6.45, 7) is 9.73. The molecule has 26 heavy (non-hydrogen) atoms. The number of ether oxygens (including phenoxy) is 2. The number of nitrogens with one attached hydrogen (secondary N) is 1. The lowest BCUT2D eigenvalue weighted by molar-refractivity contribution is 0.0625. The Kier molecular flexibility index (Phi) is 7.76. The first kappa shape index (κ1) is 20.6. The molecule has 1 aromatic carbocycles. The molecule has 5 nitrogen and oxygen atoms in total. The topological polar surface area (TPSA) is 46.1 Å². The van der Waals surface area contributed by atoms with Gasteiger partial charge in [-0.3, -0.25) is 4.99 Å². The largest absolute Gasteiger partial charge is 0.488 e. The molecule has 146 valence electrons. The lowest BCUT2D eigenvalue weighted by Crippen LogP contribution is -2.39. The van der Waals surface area contributed by atoms with Crippen molar-refractivity contribution < 1.29 is 9.47 Å². The lowest BCUT2D eigenvalue weighted by Gasteiger charge is -2.27. The summed E-state index contributed by atoms with van der Waals surface area (Å²) in [6.07, 6.45) is 3.54. The Balaban J connectivity index is 1.88. The molecule has 0 bridgehead atoms. The highest BCUT2D eigenvalue weighted by Gasteiger charge is 2.17. The van der Waals surface area contributed by atoms with Crippen LogP contribution in [-0.2, 0) is 11.3 Å². The molecular formula is C21H35N3O2. The van der Waals surface area contributed by atoms with Gasteiger partial charge in [-0.15, -0.1) is 0 Å². The number of para-hydroxylation sites is 1. The smallest absolute Gasteiger partial charge is 0.193 e. The molecule has 1 aromatic rings. The lowest BCUT2D eigenvalue weighted by atomic mass is 9.96. The van der Waals surface area contributed by atoms with Crippen molar-refractivity contribution in [3.05, 3.63) is 29.8 Å². The summed E-state index contributed by atoms with van der Waals surface area (Å²) >= 11 is 0. The molecule has 0 aromatic heterocycles. The van der Waals surface area contributed by atoms with E-state index >= 15 is 0 Å². The van der Waals surface area contributed by atoms with Gasteiger partial charge in [0.15, 0.2) is 5.96 Å². The highest BCUT2D eigenvalue weighted by atomic mass is 16.5. The van der Waals surface area contributed by atoms with Crippen molar-refractivity contribution in [2.24, 2.45) is 10.9 Å². The molecule has 1 aliphatic rings. The van der Waals surface area contributed by atoms with E-state index in [9.17, 15) is 0 Å². The van der Waals surface area contributed by atoms with Crippen LogP contribution in [-0.4, -0.2) is 50.3 Å². The third kappa shape index (κ3) is 6.87. The van der Waals surface area contributed by atoms with E-state index in [1.165, 1.54) is 19.3 Å². The van der Waals surface area contributed by atoms with Gasteiger partial charge in [-0.25, -0.2) is 0 Å². The van der Waals surface area contributed by atoms with Crippen molar-refractivity contribution in [3.8, 4) is 5.75 Å². The molecule has 1 saturated heterocycles. The summed E-state index contributed by atoms with van der Waals surface area (Å²) in [5, 5.41) is 3.47. The average Bonchev–Trinajstić information content (AvgIpc) is 2.61. The third-order valence-corrected chi connectivity index (χ3v) is 4.61. The Bertz CT molecular complexity index is 575. The zero-order valence-electron chi connectivity index (χ0n) is 17.0. The Hall–Kier alpha value is -1.75. The van der Waals surface area contributed by atoms with Gasteiger partial charge in [0.2, 0.25) is 0 Å². The number of hydrogen-bond acceptors (Lipinski definition) is 3. The van der Waals surface area contributed by atoms with Gasteiger partial charge >= 0.3 is 0 Å². The molecule has 0 amide bonds. The van der Waals surface area contributed by atoms with Crippen LogP contribution < -0.4 is 10.1 Å². The second-order valence-electron chi connectivity index (χ2n) is 7.99. The van der Waals surface area contributed by atoms with Crippen molar-refractivity contribution in [1.82, 2.24) is 10.2 Å². The maximum atomic E-state index is 6.08. The maximum absolute atomic E-state index is 6.08. The van der Waals surface area contributed by atoms with Gasteiger partial charge in [0.05, 0.1) is 0 Å². The van der Waals surface area contributed by atoms with Crippen molar-refractivity contribution in [1.29, 1.82) is 0 Å². The minimum absolute atomic E-state index is 0.210. The molecule has 0 saturated carbocycles. The monoisotopic (exact) mass is 361 g/mol. The van der Waals surface area contributed by atoms with Gasteiger partial charge in [0.1, 0.15) is 11.4 Å². The summed E-state index contributed by atoms with van der Waals surface area (Å²) in [5.74, 6) is 2.61. The van der Waals surface area contributed by atoms with Gasteiger partial charge in [0, 0.05) is 46.0 Å². The first-order chi connectivity index (χ1) is 12.4. The number of aliphatic imine (C=N–C) groups is 1. The predicted octanol–water partition coefficient (Wildman–Crippen LogP) is 3.69. The van der Waals surface area contributed by atoms with Gasteiger partial charge in [0.25, 0.3) is 0 Å². The van der Waals surface area contributed by atoms with E-state index in [1.807, 2.05) is 25.2 Å². The Labute approximate surface area is 158 Å². The minimum Gasteiger partial charge on any atom is -0.488 e. The second-order valence-corrected chi connectivity index (χ2v) is 7.99. The van der Waals surface area contributed by atoms with Crippen molar-refractivity contribution >= 4 is 5.96 Å². The normalized spacial score (nSPS) is 16.4. The SMILES string of the molecule is CN=C(NCc1ccccc1OC(C)(C)C)N(C)CCC1CCOCC1. The molecule has 1 fully saturated rings. The summed E-state index contributed by atoms with van der Waals surface area (Å²) in [6, 6.07) is 8.19. The van der Waals surface area contributed by atoms with Crippen LogP contribution in [0.2, 0.25) is 0 Å². The van der Waals surface area contributed by atoms with Gasteiger partial charge in [-0.1, -0.05) is 18.2 Å². The van der Waals surface area contributed by atoms with Crippen LogP contribution in [0.15, 0.2) is 29.3 Å². The van der Waals surface area contributed by atoms with E-state index in [4.69, 9.17) is 9.47 Å². The van der Waals surface area contributed by atoms with Crippen LogP contribution in [0, 0.1) is 5.92 Å². The fraction of sp³-hybridized carbons (Fsp3) is 0.667. The summed E-state index contributed by atoms with van der Waals surface area (Å²) < 4.78 is 11.5. The van der Waals surface area contributed by atoms with E-state index in [2.05, 4.69) is 49.1 Å². The number of hydrogen-bond donors (Lipinski definition) is 1. The van der Waals surface area contributed by atoms with Gasteiger partial charge in [-0.05, 0) is 52.0 Å². The number of nitrogens with zero attached hydrogens (tertiary/aromatic N) is 2. The van der Waals surface area contributed by atoms with Gasteiger partial charge in [-0.2, -0.15) is 0 Å². The summed E-state index contributed by atoms with van der Waals surface area (Å²) in [4.78, 5) is 6.65. The fourth-order valence-electron chi connectivity index (χ4n) is 3.16. The maximum Gasteiger partial charge on any atom is 0.193 e. The number of guanidine groups is 1. The molecule has 0 radical (unpaired) electrons. The van der Waals surface area contributed by atoms with Crippen LogP contribution in [0.5, 0.6) is 5.75 Å². The first-order valence-electron chi connectivity index (χ1n) is 9.65. The van der Waals surface area contributed by atoms with Crippen LogP contribution in [0.3, 0.4) is 0 Å². The second kappa shape index (κ2) is 9.81. The predicted molar refractivity (Wildman–Crippen MR) is 108 cm³/mol. The van der Waals surface area contributed by atoms with Gasteiger partial charge < -0.3 is 19.7 Å². The van der Waals surface area contributed by atoms with Crippen molar-refractivity contribution in [2.75, 3.05) is 33.9 Å². The zero-order valence-corrected chi connectivity index (χ0v) is 17.0. The Morgan fingerprint density at radius 3 is 2.62 bits per heavy atom. The molecule has 1 aliphatic heterocycles. The van der Waals surface area contributed by atoms with E-state index in [-0.39, 0.29) is 5.60 Å². The van der Waals surface area contributed by atoms with E-state index in [0.717, 1.165) is 42.9 Å². The molecule has 0 unspecified atom stereocenters. The molecule has 0 aliphatic carbocycles. The molecule has 1 heterocycles. The zero-order chi connectivity index (χ0) is 19.0. The fourth-order valence-corrected chi connectivity index (χ4v) is 3.16. The summed E-state index contributed by atoms with van der Waals surface area (Å²) in [7, 11) is 3.94. The molecule has 5 heteroatoms. The molecule has 1 N–H and O–H groups in total. The highest BCUT2D eigenvalue weighted by Crippen LogP contribution is 2.23. The quantitative estimate of drug-likeness (QED) is 0.620.